The van der Waals surface area contributed by atoms with E-state index in [1.54, 1.807) is 24.1 Å². The summed E-state index contributed by atoms with van der Waals surface area (Å²) >= 11 is 0. The molecule has 2 fully saturated rings. The van der Waals surface area contributed by atoms with E-state index in [0.29, 0.717) is 24.5 Å². The molecule has 6 heteroatoms. The Balaban J connectivity index is 1.52. The first kappa shape index (κ1) is 18.5. The fourth-order valence-electron chi connectivity index (χ4n) is 4.26. The lowest BCUT2D eigenvalue weighted by Crippen LogP contribution is -2.37. The van der Waals surface area contributed by atoms with Gasteiger partial charge in [-0.15, -0.1) is 0 Å². The monoisotopic (exact) mass is 382 g/mol. The predicted octanol–water partition coefficient (Wildman–Crippen LogP) is 3.55. The number of para-hydroxylation sites is 2. The Bertz CT molecular complexity index is 884. The summed E-state index contributed by atoms with van der Waals surface area (Å²) in [5.41, 5.74) is 1.64. The van der Waals surface area contributed by atoms with Crippen LogP contribution in [0.25, 0.3) is 0 Å². The van der Waals surface area contributed by atoms with Gasteiger partial charge in [0.2, 0.25) is 11.8 Å². The summed E-state index contributed by atoms with van der Waals surface area (Å²) in [5, 5.41) is 0. The van der Waals surface area contributed by atoms with E-state index in [-0.39, 0.29) is 36.0 Å². The second-order valence-corrected chi connectivity index (χ2v) is 7.32. The van der Waals surface area contributed by atoms with Crippen molar-refractivity contribution in [1.82, 2.24) is 4.90 Å². The van der Waals surface area contributed by atoms with Crippen molar-refractivity contribution in [2.24, 2.45) is 5.92 Å². The fourth-order valence-corrected chi connectivity index (χ4v) is 4.26. The maximum Gasteiger partial charge on any atom is 0.228 e. The predicted molar refractivity (Wildman–Crippen MR) is 104 cm³/mol. The second-order valence-electron chi connectivity index (χ2n) is 7.32. The van der Waals surface area contributed by atoms with E-state index >= 15 is 0 Å². The fraction of sp³-hybridized carbons (Fsp3) is 0.364. The summed E-state index contributed by atoms with van der Waals surface area (Å²) in [7, 11) is 1.57. The van der Waals surface area contributed by atoms with Gasteiger partial charge in [-0.25, -0.2) is 4.39 Å². The highest BCUT2D eigenvalue weighted by molar-refractivity contribution is 6.01. The van der Waals surface area contributed by atoms with Crippen molar-refractivity contribution in [3.63, 3.8) is 0 Å². The summed E-state index contributed by atoms with van der Waals surface area (Å²) in [5.74, 6) is -0.112. The lowest BCUT2D eigenvalue weighted by molar-refractivity contribution is -0.136. The number of ether oxygens (including phenoxy) is 1. The van der Waals surface area contributed by atoms with Crippen molar-refractivity contribution in [3.05, 3.63) is 59.9 Å². The van der Waals surface area contributed by atoms with Gasteiger partial charge in [0.1, 0.15) is 11.6 Å². The van der Waals surface area contributed by atoms with Gasteiger partial charge in [0.15, 0.2) is 0 Å². The molecular weight excluding hydrogens is 359 g/mol. The molecule has 0 radical (unpaired) electrons. The number of rotatable bonds is 4. The molecule has 0 spiro atoms. The van der Waals surface area contributed by atoms with Crippen LogP contribution in [0.5, 0.6) is 5.75 Å². The topological polar surface area (TPSA) is 49.9 Å². The van der Waals surface area contributed by atoms with Crippen LogP contribution in [-0.2, 0) is 9.59 Å². The van der Waals surface area contributed by atoms with Crippen LogP contribution in [0.1, 0.15) is 30.9 Å². The molecule has 2 aliphatic rings. The summed E-state index contributed by atoms with van der Waals surface area (Å²) in [4.78, 5) is 29.3. The Labute approximate surface area is 163 Å². The van der Waals surface area contributed by atoms with Gasteiger partial charge >= 0.3 is 0 Å². The molecule has 2 heterocycles. The van der Waals surface area contributed by atoms with Crippen LogP contribution in [0.4, 0.5) is 10.1 Å². The molecule has 2 saturated heterocycles. The van der Waals surface area contributed by atoms with Crippen molar-refractivity contribution in [1.29, 1.82) is 0 Å². The molecule has 146 valence electrons. The molecule has 28 heavy (non-hydrogen) atoms. The highest BCUT2D eigenvalue weighted by Gasteiger charge is 2.41. The molecule has 0 aromatic heterocycles. The molecule has 0 N–H and O–H groups in total. The molecule has 2 aromatic carbocycles. The Morgan fingerprint density at radius 1 is 1.14 bits per heavy atom. The van der Waals surface area contributed by atoms with Crippen LogP contribution in [0.15, 0.2) is 48.5 Å². The summed E-state index contributed by atoms with van der Waals surface area (Å²) in [6, 6.07) is 13.6. The first-order valence-corrected chi connectivity index (χ1v) is 9.58. The maximum atomic E-state index is 13.3. The van der Waals surface area contributed by atoms with Gasteiger partial charge in [-0.3, -0.25) is 9.59 Å². The van der Waals surface area contributed by atoms with Crippen LogP contribution in [0.2, 0.25) is 0 Å². The van der Waals surface area contributed by atoms with Crippen molar-refractivity contribution < 1.29 is 18.7 Å². The number of benzene rings is 2. The Morgan fingerprint density at radius 3 is 2.64 bits per heavy atom. The third-order valence-corrected chi connectivity index (χ3v) is 5.64. The summed E-state index contributed by atoms with van der Waals surface area (Å²) in [6.45, 7) is 1.02. The zero-order valence-corrected chi connectivity index (χ0v) is 15.8. The zero-order valence-electron chi connectivity index (χ0n) is 15.8. The number of likely N-dealkylation sites (tertiary alicyclic amines) is 1. The molecule has 2 unspecified atom stereocenters. The van der Waals surface area contributed by atoms with Gasteiger partial charge in [0.25, 0.3) is 0 Å². The highest BCUT2D eigenvalue weighted by Crippen LogP contribution is 2.37. The number of carbonyl (C=O) groups is 2. The molecule has 0 aliphatic carbocycles. The lowest BCUT2D eigenvalue weighted by Gasteiger charge is -2.28. The number of amides is 2. The number of hydrogen-bond donors (Lipinski definition) is 0. The van der Waals surface area contributed by atoms with Gasteiger partial charge in [0, 0.05) is 19.5 Å². The number of carbonyl (C=O) groups excluding carboxylic acids is 2. The van der Waals surface area contributed by atoms with Crippen LogP contribution < -0.4 is 9.64 Å². The standard InChI is InChI=1S/C22H23FN2O3/c1-28-20-7-3-2-5-19(20)25-14-16(13-21(25)26)22(27)24-12-4-6-18(24)15-8-10-17(23)11-9-15/h2-3,5,7-11,16,18H,4,6,12-14H2,1H3. The Morgan fingerprint density at radius 2 is 1.89 bits per heavy atom. The molecule has 2 aromatic rings. The van der Waals surface area contributed by atoms with Gasteiger partial charge in [0.05, 0.1) is 24.8 Å². The van der Waals surface area contributed by atoms with Crippen molar-refractivity contribution >= 4 is 17.5 Å². The van der Waals surface area contributed by atoms with E-state index in [4.69, 9.17) is 4.74 Å². The van der Waals surface area contributed by atoms with Crippen molar-refractivity contribution in [2.75, 3.05) is 25.1 Å². The third kappa shape index (κ3) is 3.35. The van der Waals surface area contributed by atoms with E-state index in [2.05, 4.69) is 0 Å². The second kappa shape index (κ2) is 7.62. The van der Waals surface area contributed by atoms with Gasteiger partial charge in [-0.05, 0) is 42.7 Å². The number of methoxy groups -OCH3 is 1. The quantitative estimate of drug-likeness (QED) is 0.813. The average Bonchev–Trinajstić information content (AvgIpc) is 3.35. The highest BCUT2D eigenvalue weighted by atomic mass is 19.1. The van der Waals surface area contributed by atoms with E-state index in [9.17, 15) is 14.0 Å². The molecule has 2 atom stereocenters. The normalized spacial score (nSPS) is 22.0. The number of halogens is 1. The Hall–Kier alpha value is -2.89. The smallest absolute Gasteiger partial charge is 0.228 e. The van der Waals surface area contributed by atoms with E-state index in [1.165, 1.54) is 12.1 Å². The summed E-state index contributed by atoms with van der Waals surface area (Å²) < 4.78 is 18.6. The molecule has 2 aliphatic heterocycles. The van der Waals surface area contributed by atoms with E-state index in [1.807, 2.05) is 29.2 Å². The average molecular weight is 382 g/mol. The van der Waals surface area contributed by atoms with Gasteiger partial charge in [-0.1, -0.05) is 24.3 Å². The largest absolute Gasteiger partial charge is 0.495 e. The summed E-state index contributed by atoms with van der Waals surface area (Å²) in [6.07, 6.45) is 1.96. The van der Waals surface area contributed by atoms with Gasteiger partial charge in [-0.2, -0.15) is 0 Å². The third-order valence-electron chi connectivity index (χ3n) is 5.64. The molecule has 4 rings (SSSR count). The first-order chi connectivity index (χ1) is 13.6. The number of nitrogens with zero attached hydrogens (tertiary/aromatic N) is 2. The Kier molecular flexibility index (Phi) is 5.03. The van der Waals surface area contributed by atoms with Crippen LogP contribution in [0.3, 0.4) is 0 Å². The molecule has 2 amide bonds. The molecular formula is C22H23FN2O3. The van der Waals surface area contributed by atoms with Crippen LogP contribution in [-0.4, -0.2) is 36.9 Å². The molecule has 0 bridgehead atoms. The number of hydrogen-bond acceptors (Lipinski definition) is 3. The van der Waals surface area contributed by atoms with Gasteiger partial charge < -0.3 is 14.5 Å². The van der Waals surface area contributed by atoms with Crippen molar-refractivity contribution in [2.45, 2.75) is 25.3 Å². The van der Waals surface area contributed by atoms with E-state index in [0.717, 1.165) is 18.4 Å². The minimum absolute atomic E-state index is 0.00225. The molecule has 0 saturated carbocycles. The lowest BCUT2D eigenvalue weighted by atomic mass is 10.0. The SMILES string of the molecule is COc1ccccc1N1CC(C(=O)N2CCCC2c2ccc(F)cc2)CC1=O. The van der Waals surface area contributed by atoms with Crippen LogP contribution >= 0.6 is 0 Å². The molecule has 5 nitrogen and oxygen atoms in total. The van der Waals surface area contributed by atoms with E-state index < -0.39 is 0 Å². The maximum absolute atomic E-state index is 13.3. The first-order valence-electron chi connectivity index (χ1n) is 9.58. The minimum atomic E-state index is -0.376. The van der Waals surface area contributed by atoms with Crippen LogP contribution in [0, 0.1) is 11.7 Å². The van der Waals surface area contributed by atoms with Crippen molar-refractivity contribution in [3.8, 4) is 5.75 Å². The zero-order chi connectivity index (χ0) is 19.7. The minimum Gasteiger partial charge on any atom is -0.495 e. The number of anilines is 1.